The minimum Gasteiger partial charge on any atom is -0.388 e. The van der Waals surface area contributed by atoms with E-state index in [2.05, 4.69) is 21.1 Å². The van der Waals surface area contributed by atoms with Crippen LogP contribution in [0.5, 0.6) is 0 Å². The Labute approximate surface area is 102 Å². The van der Waals surface area contributed by atoms with Crippen molar-refractivity contribution in [1.29, 1.82) is 0 Å². The van der Waals surface area contributed by atoms with E-state index in [0.717, 1.165) is 38.0 Å². The van der Waals surface area contributed by atoms with E-state index in [1.165, 1.54) is 18.7 Å². The van der Waals surface area contributed by atoms with E-state index in [1.807, 2.05) is 0 Å². The molecule has 4 nitrogen and oxygen atoms in total. The third kappa shape index (κ3) is 2.38. The SMILES string of the molecule is OC1(Cc2cn3c(n2)CCCC3)CCCNC1. The van der Waals surface area contributed by atoms with Crippen LogP contribution in [0.2, 0.25) is 0 Å². The van der Waals surface area contributed by atoms with Crippen molar-refractivity contribution in [1.82, 2.24) is 14.9 Å². The monoisotopic (exact) mass is 235 g/mol. The van der Waals surface area contributed by atoms with Gasteiger partial charge >= 0.3 is 0 Å². The first-order valence-corrected chi connectivity index (χ1v) is 6.73. The lowest BCUT2D eigenvalue weighted by Crippen LogP contribution is -2.47. The van der Waals surface area contributed by atoms with Gasteiger partial charge in [-0.2, -0.15) is 0 Å². The molecule has 2 aliphatic heterocycles. The Hall–Kier alpha value is -0.870. The van der Waals surface area contributed by atoms with E-state index in [0.29, 0.717) is 13.0 Å². The molecule has 1 aromatic heterocycles. The average molecular weight is 235 g/mol. The number of aromatic nitrogens is 2. The third-order valence-corrected chi connectivity index (χ3v) is 3.92. The van der Waals surface area contributed by atoms with E-state index in [4.69, 9.17) is 0 Å². The number of piperidine rings is 1. The van der Waals surface area contributed by atoms with Crippen LogP contribution in [0, 0.1) is 0 Å². The molecule has 1 saturated heterocycles. The van der Waals surface area contributed by atoms with Gasteiger partial charge in [-0.1, -0.05) is 0 Å². The van der Waals surface area contributed by atoms with Crippen molar-refractivity contribution in [3.05, 3.63) is 17.7 Å². The number of imidazole rings is 1. The molecule has 4 heteroatoms. The molecule has 2 aliphatic rings. The van der Waals surface area contributed by atoms with Crippen molar-refractivity contribution < 1.29 is 5.11 Å². The zero-order valence-electron chi connectivity index (χ0n) is 10.3. The average Bonchev–Trinajstić information content (AvgIpc) is 2.71. The summed E-state index contributed by atoms with van der Waals surface area (Å²) in [5, 5.41) is 13.7. The largest absolute Gasteiger partial charge is 0.388 e. The number of rotatable bonds is 2. The molecule has 1 fully saturated rings. The fourth-order valence-electron chi connectivity index (χ4n) is 3.00. The normalized spacial score (nSPS) is 29.0. The fraction of sp³-hybridized carbons (Fsp3) is 0.769. The van der Waals surface area contributed by atoms with Crippen molar-refractivity contribution in [2.45, 2.75) is 50.7 Å². The molecule has 17 heavy (non-hydrogen) atoms. The van der Waals surface area contributed by atoms with E-state index >= 15 is 0 Å². The van der Waals surface area contributed by atoms with E-state index in [1.54, 1.807) is 0 Å². The summed E-state index contributed by atoms with van der Waals surface area (Å²) in [7, 11) is 0. The molecule has 0 aliphatic carbocycles. The topological polar surface area (TPSA) is 50.1 Å². The molecule has 1 unspecified atom stereocenters. The van der Waals surface area contributed by atoms with Gasteiger partial charge in [-0.25, -0.2) is 4.98 Å². The van der Waals surface area contributed by atoms with Crippen molar-refractivity contribution in [2.75, 3.05) is 13.1 Å². The van der Waals surface area contributed by atoms with Gasteiger partial charge in [0.05, 0.1) is 11.3 Å². The summed E-state index contributed by atoms with van der Waals surface area (Å²) >= 11 is 0. The van der Waals surface area contributed by atoms with Gasteiger partial charge in [-0.15, -0.1) is 0 Å². The highest BCUT2D eigenvalue weighted by molar-refractivity contribution is 5.10. The maximum Gasteiger partial charge on any atom is 0.108 e. The smallest absolute Gasteiger partial charge is 0.108 e. The summed E-state index contributed by atoms with van der Waals surface area (Å²) in [6.07, 6.45) is 8.39. The molecule has 2 N–H and O–H groups in total. The summed E-state index contributed by atoms with van der Waals surface area (Å²) < 4.78 is 2.26. The summed E-state index contributed by atoms with van der Waals surface area (Å²) in [6.45, 7) is 2.83. The molecule has 94 valence electrons. The van der Waals surface area contributed by atoms with Crippen LogP contribution >= 0.6 is 0 Å². The number of fused-ring (bicyclic) bond motifs is 1. The molecule has 0 amide bonds. The molecule has 3 heterocycles. The first-order chi connectivity index (χ1) is 8.25. The predicted octanol–water partition coefficient (Wildman–Crippen LogP) is 0.876. The van der Waals surface area contributed by atoms with Gasteiger partial charge in [0.15, 0.2) is 0 Å². The highest BCUT2D eigenvalue weighted by Crippen LogP contribution is 2.22. The maximum absolute atomic E-state index is 10.5. The van der Waals surface area contributed by atoms with Crippen LogP contribution in [0.3, 0.4) is 0 Å². The van der Waals surface area contributed by atoms with E-state index in [9.17, 15) is 5.11 Å². The van der Waals surface area contributed by atoms with Crippen molar-refractivity contribution >= 4 is 0 Å². The van der Waals surface area contributed by atoms with E-state index < -0.39 is 5.60 Å². The van der Waals surface area contributed by atoms with Crippen LogP contribution in [-0.4, -0.2) is 33.3 Å². The standard InChI is InChI=1S/C13H21N3O/c17-13(5-3-6-14-10-13)8-11-9-16-7-2-1-4-12(16)15-11/h9,14,17H,1-8,10H2. The highest BCUT2D eigenvalue weighted by atomic mass is 16.3. The zero-order chi connectivity index (χ0) is 11.7. The number of hydrogen-bond donors (Lipinski definition) is 2. The third-order valence-electron chi connectivity index (χ3n) is 3.92. The lowest BCUT2D eigenvalue weighted by atomic mass is 9.90. The number of nitrogens with one attached hydrogen (secondary N) is 1. The number of aryl methyl sites for hydroxylation is 2. The molecular formula is C13H21N3O. The molecule has 1 aromatic rings. The molecule has 0 saturated carbocycles. The van der Waals surface area contributed by atoms with Crippen molar-refractivity contribution in [3.63, 3.8) is 0 Å². The summed E-state index contributed by atoms with van der Waals surface area (Å²) in [5.41, 5.74) is 0.482. The molecule has 0 bridgehead atoms. The Bertz CT molecular complexity index is 370. The summed E-state index contributed by atoms with van der Waals surface area (Å²) in [6, 6.07) is 0. The van der Waals surface area contributed by atoms with Crippen molar-refractivity contribution in [3.8, 4) is 0 Å². The second-order valence-corrected chi connectivity index (χ2v) is 5.48. The number of nitrogens with zero attached hydrogens (tertiary/aromatic N) is 2. The first kappa shape index (κ1) is 11.2. The minimum atomic E-state index is -0.581. The van der Waals surface area contributed by atoms with Gasteiger partial charge in [0, 0.05) is 32.1 Å². The van der Waals surface area contributed by atoms with Crippen LogP contribution < -0.4 is 5.32 Å². The zero-order valence-corrected chi connectivity index (χ0v) is 10.3. The van der Waals surface area contributed by atoms with E-state index in [-0.39, 0.29) is 0 Å². The summed E-state index contributed by atoms with van der Waals surface area (Å²) in [4.78, 5) is 4.67. The Morgan fingerprint density at radius 2 is 2.35 bits per heavy atom. The van der Waals surface area contributed by atoms with Crippen LogP contribution in [0.25, 0.3) is 0 Å². The lowest BCUT2D eigenvalue weighted by Gasteiger charge is -2.32. The molecule has 0 aromatic carbocycles. The molecular weight excluding hydrogens is 214 g/mol. The Kier molecular flexibility index (Phi) is 2.92. The fourth-order valence-corrected chi connectivity index (χ4v) is 3.00. The second-order valence-electron chi connectivity index (χ2n) is 5.48. The predicted molar refractivity (Wildman–Crippen MR) is 65.9 cm³/mol. The Balaban J connectivity index is 1.73. The van der Waals surface area contributed by atoms with Gasteiger partial charge in [0.1, 0.15) is 5.82 Å². The summed E-state index contributed by atoms with van der Waals surface area (Å²) in [5.74, 6) is 1.21. The second kappa shape index (κ2) is 4.42. The van der Waals surface area contributed by atoms with Crippen LogP contribution in [-0.2, 0) is 19.4 Å². The molecule has 1 atom stereocenters. The molecule has 0 radical (unpaired) electrons. The van der Waals surface area contributed by atoms with Gasteiger partial charge < -0.3 is 15.0 Å². The van der Waals surface area contributed by atoms with Gasteiger partial charge in [-0.05, 0) is 32.2 Å². The Morgan fingerprint density at radius 1 is 1.41 bits per heavy atom. The highest BCUT2D eigenvalue weighted by Gasteiger charge is 2.30. The Morgan fingerprint density at radius 3 is 3.12 bits per heavy atom. The van der Waals surface area contributed by atoms with Gasteiger partial charge in [-0.3, -0.25) is 0 Å². The van der Waals surface area contributed by atoms with Crippen LogP contribution in [0.1, 0.15) is 37.2 Å². The molecule has 0 spiro atoms. The van der Waals surface area contributed by atoms with Crippen molar-refractivity contribution in [2.24, 2.45) is 0 Å². The minimum absolute atomic E-state index is 0.581. The first-order valence-electron chi connectivity index (χ1n) is 6.73. The quantitative estimate of drug-likeness (QED) is 0.800. The number of β-amino-alcohol motifs (C(OH)–C–C–N with tert-alkyl or cyclic N) is 1. The maximum atomic E-state index is 10.5. The number of hydrogen-bond acceptors (Lipinski definition) is 3. The van der Waals surface area contributed by atoms with Crippen LogP contribution in [0.15, 0.2) is 6.20 Å². The van der Waals surface area contributed by atoms with Gasteiger partial charge in [0.2, 0.25) is 0 Å². The van der Waals surface area contributed by atoms with Crippen LogP contribution in [0.4, 0.5) is 0 Å². The molecule has 3 rings (SSSR count). The van der Waals surface area contributed by atoms with Gasteiger partial charge in [0.25, 0.3) is 0 Å². The lowest BCUT2D eigenvalue weighted by molar-refractivity contribution is 0.0161. The number of aliphatic hydroxyl groups is 1.